The van der Waals surface area contributed by atoms with Crippen molar-refractivity contribution >= 4 is 11.6 Å². The van der Waals surface area contributed by atoms with Crippen molar-refractivity contribution in [3.05, 3.63) is 99.3 Å². The average molecular weight is 545 g/mol. The van der Waals surface area contributed by atoms with Gasteiger partial charge in [-0.1, -0.05) is 41.9 Å². The third kappa shape index (κ3) is 5.44. The van der Waals surface area contributed by atoms with Crippen LogP contribution in [0.2, 0.25) is 5.02 Å². The van der Waals surface area contributed by atoms with Gasteiger partial charge in [0, 0.05) is 5.02 Å². The fourth-order valence-electron chi connectivity index (χ4n) is 5.10. The first-order valence-electron chi connectivity index (χ1n) is 12.5. The van der Waals surface area contributed by atoms with Crippen molar-refractivity contribution in [3.63, 3.8) is 0 Å². The molecule has 0 aliphatic carbocycles. The second-order valence-corrected chi connectivity index (χ2v) is 10.2. The number of hydrogen-bond acceptors (Lipinski definition) is 7. The lowest BCUT2D eigenvalue weighted by molar-refractivity contribution is -0.231. The maximum Gasteiger partial charge on any atom is 0.123 e. The number of rotatable bonds is 7. The number of aliphatic hydroxyl groups is 4. The van der Waals surface area contributed by atoms with Crippen LogP contribution in [0.25, 0.3) is 0 Å². The molecule has 1 saturated heterocycles. The Morgan fingerprint density at radius 1 is 0.895 bits per heavy atom. The van der Waals surface area contributed by atoms with E-state index in [-0.39, 0.29) is 24.6 Å². The molecule has 0 amide bonds. The van der Waals surface area contributed by atoms with Crippen molar-refractivity contribution in [2.24, 2.45) is 0 Å². The van der Waals surface area contributed by atoms with Gasteiger partial charge in [0.15, 0.2) is 0 Å². The van der Waals surface area contributed by atoms with E-state index in [1.165, 1.54) is 12.1 Å². The van der Waals surface area contributed by atoms with Crippen molar-refractivity contribution in [2.75, 3.05) is 13.2 Å². The molecule has 2 aliphatic rings. The molecule has 202 valence electrons. The molecule has 3 aromatic rings. The van der Waals surface area contributed by atoms with Crippen molar-refractivity contribution in [1.29, 1.82) is 0 Å². The SMILES string of the molecule is CC1OC(COc2ccc(Cc3cc([C@@H]4O[C@H](CO)[C@@H](O)[C@H](O)[C@H]4O)ccc3Cl)cc2)c2cc(F)ccc21. The average Bonchev–Trinajstić information content (AvgIpc) is 3.22. The van der Waals surface area contributed by atoms with Gasteiger partial charge in [-0.05, 0) is 71.5 Å². The smallest absolute Gasteiger partial charge is 0.123 e. The van der Waals surface area contributed by atoms with Crippen LogP contribution in [0.15, 0.2) is 60.7 Å². The van der Waals surface area contributed by atoms with Crippen LogP contribution in [-0.2, 0) is 15.9 Å². The van der Waals surface area contributed by atoms with Gasteiger partial charge in [-0.2, -0.15) is 0 Å². The van der Waals surface area contributed by atoms with Crippen molar-refractivity contribution < 1.29 is 39.0 Å². The molecule has 0 radical (unpaired) electrons. The van der Waals surface area contributed by atoms with Crippen LogP contribution in [0.5, 0.6) is 5.75 Å². The molecule has 7 nitrogen and oxygen atoms in total. The summed E-state index contributed by atoms with van der Waals surface area (Å²) < 4.78 is 31.3. The van der Waals surface area contributed by atoms with Crippen molar-refractivity contribution in [1.82, 2.24) is 0 Å². The Labute approximate surface area is 225 Å². The summed E-state index contributed by atoms with van der Waals surface area (Å²) in [4.78, 5) is 0. The maximum absolute atomic E-state index is 13.7. The third-order valence-corrected chi connectivity index (χ3v) is 7.58. The highest BCUT2D eigenvalue weighted by Crippen LogP contribution is 2.39. The lowest BCUT2D eigenvalue weighted by atomic mass is 9.90. The van der Waals surface area contributed by atoms with Crippen LogP contribution in [0, 0.1) is 5.82 Å². The molecule has 3 aromatic carbocycles. The maximum atomic E-state index is 13.7. The Bertz CT molecular complexity index is 1270. The lowest BCUT2D eigenvalue weighted by Gasteiger charge is -2.40. The number of benzene rings is 3. The Morgan fingerprint density at radius 3 is 2.39 bits per heavy atom. The number of aliphatic hydroxyl groups excluding tert-OH is 4. The number of hydrogen-bond donors (Lipinski definition) is 4. The first-order chi connectivity index (χ1) is 18.2. The number of fused-ring (bicyclic) bond motifs is 1. The van der Waals surface area contributed by atoms with E-state index in [4.69, 9.17) is 25.8 Å². The minimum Gasteiger partial charge on any atom is -0.491 e. The summed E-state index contributed by atoms with van der Waals surface area (Å²) >= 11 is 6.45. The molecular formula is C29H30ClFO7. The molecule has 0 spiro atoms. The second-order valence-electron chi connectivity index (χ2n) is 9.77. The zero-order valence-electron chi connectivity index (χ0n) is 20.7. The van der Waals surface area contributed by atoms with E-state index < -0.39 is 37.1 Å². The van der Waals surface area contributed by atoms with Gasteiger partial charge in [0.25, 0.3) is 0 Å². The van der Waals surface area contributed by atoms with Crippen LogP contribution >= 0.6 is 11.6 Å². The number of ether oxygens (including phenoxy) is 3. The molecule has 0 bridgehead atoms. The molecular weight excluding hydrogens is 515 g/mol. The van der Waals surface area contributed by atoms with Crippen molar-refractivity contribution in [2.45, 2.75) is 56.1 Å². The van der Waals surface area contributed by atoms with E-state index in [9.17, 15) is 24.8 Å². The summed E-state index contributed by atoms with van der Waals surface area (Å²) in [5.74, 6) is 0.348. The summed E-state index contributed by atoms with van der Waals surface area (Å²) in [6.45, 7) is 1.70. The molecule has 4 N–H and O–H groups in total. The second kappa shape index (κ2) is 11.3. The minimum absolute atomic E-state index is 0.120. The molecule has 38 heavy (non-hydrogen) atoms. The highest BCUT2D eigenvalue weighted by Gasteiger charge is 2.44. The minimum atomic E-state index is -1.46. The standard InChI is InChI=1S/C29H30ClFO7/c1-15-21-8-5-19(31)12-22(21)25(37-15)14-36-20-6-2-16(3-7-20)10-18-11-17(4-9-23(18)30)29-28(35)27(34)26(33)24(13-32)38-29/h2-9,11-12,15,24-29,32-35H,10,13-14H2,1H3/t15?,24-,25?,26-,27+,28-,29+/m1/s1. The molecule has 2 aliphatic heterocycles. The Morgan fingerprint density at radius 2 is 1.66 bits per heavy atom. The lowest BCUT2D eigenvalue weighted by Crippen LogP contribution is -2.55. The molecule has 5 rings (SSSR count). The summed E-state index contributed by atoms with van der Waals surface area (Å²) in [6, 6.07) is 17.4. The van der Waals surface area contributed by atoms with Crippen LogP contribution in [0.1, 0.15) is 53.1 Å². The van der Waals surface area contributed by atoms with E-state index in [1.807, 2.05) is 31.2 Å². The molecule has 7 atom stereocenters. The zero-order chi connectivity index (χ0) is 27.0. The van der Waals surface area contributed by atoms with Crippen LogP contribution in [-0.4, -0.2) is 58.1 Å². The highest BCUT2D eigenvalue weighted by atomic mass is 35.5. The predicted molar refractivity (Wildman–Crippen MR) is 138 cm³/mol. The molecule has 9 heteroatoms. The molecule has 1 fully saturated rings. The van der Waals surface area contributed by atoms with E-state index in [2.05, 4.69) is 0 Å². The molecule has 2 heterocycles. The quantitative estimate of drug-likeness (QED) is 0.358. The van der Waals surface area contributed by atoms with Gasteiger partial charge in [-0.3, -0.25) is 0 Å². The fourth-order valence-corrected chi connectivity index (χ4v) is 5.28. The summed E-state index contributed by atoms with van der Waals surface area (Å²) in [6.07, 6.45) is -6.15. The highest BCUT2D eigenvalue weighted by molar-refractivity contribution is 6.31. The monoisotopic (exact) mass is 544 g/mol. The predicted octanol–water partition coefficient (Wildman–Crippen LogP) is 3.80. The third-order valence-electron chi connectivity index (χ3n) is 7.21. The molecule has 0 aromatic heterocycles. The van der Waals surface area contributed by atoms with E-state index in [1.54, 1.807) is 24.3 Å². The first-order valence-corrected chi connectivity index (χ1v) is 12.9. The van der Waals surface area contributed by atoms with Crippen molar-refractivity contribution in [3.8, 4) is 5.75 Å². The normalized spacial score (nSPS) is 28.8. The van der Waals surface area contributed by atoms with Gasteiger partial charge < -0.3 is 34.6 Å². The van der Waals surface area contributed by atoms with Gasteiger partial charge >= 0.3 is 0 Å². The Hall–Kier alpha value is -2.56. The largest absolute Gasteiger partial charge is 0.491 e. The molecule has 0 saturated carbocycles. The first kappa shape index (κ1) is 27.0. The van der Waals surface area contributed by atoms with Gasteiger partial charge in [0.2, 0.25) is 0 Å². The van der Waals surface area contributed by atoms with Gasteiger partial charge in [-0.15, -0.1) is 0 Å². The van der Waals surface area contributed by atoms with E-state index >= 15 is 0 Å². The summed E-state index contributed by atoms with van der Waals surface area (Å²) in [7, 11) is 0. The summed E-state index contributed by atoms with van der Waals surface area (Å²) in [5.41, 5.74) is 4.09. The van der Waals surface area contributed by atoms with Gasteiger partial charge in [-0.25, -0.2) is 4.39 Å². The Kier molecular flexibility index (Phi) is 8.02. The van der Waals surface area contributed by atoms with E-state index in [0.29, 0.717) is 22.8 Å². The topological polar surface area (TPSA) is 109 Å². The molecule has 2 unspecified atom stereocenters. The zero-order valence-corrected chi connectivity index (χ0v) is 21.5. The van der Waals surface area contributed by atoms with Gasteiger partial charge in [0.05, 0.1) is 12.7 Å². The van der Waals surface area contributed by atoms with Crippen LogP contribution in [0.4, 0.5) is 4.39 Å². The Balaban J connectivity index is 1.25. The number of halogens is 2. The fraction of sp³-hybridized carbons (Fsp3) is 0.379. The van der Waals surface area contributed by atoms with E-state index in [0.717, 1.165) is 22.3 Å². The van der Waals surface area contributed by atoms with Crippen LogP contribution < -0.4 is 4.74 Å². The van der Waals surface area contributed by atoms with Gasteiger partial charge in [0.1, 0.15) is 54.8 Å². The summed E-state index contributed by atoms with van der Waals surface area (Å²) in [5, 5.41) is 40.7. The van der Waals surface area contributed by atoms with Crippen LogP contribution in [0.3, 0.4) is 0 Å².